The summed E-state index contributed by atoms with van der Waals surface area (Å²) in [6.07, 6.45) is 5.02. The number of rotatable bonds is 4. The number of carbonyl (C=O) groups excluding carboxylic acids is 1. The monoisotopic (exact) mass is 573 g/mol. The average molecular weight is 575 g/mol. The molecule has 2 atom stereocenters. The molecule has 1 amide bonds. The van der Waals surface area contributed by atoms with Crippen molar-refractivity contribution in [3.8, 4) is 5.75 Å². The molecule has 34 heavy (non-hydrogen) atoms. The van der Waals surface area contributed by atoms with Gasteiger partial charge >= 0.3 is 0 Å². The van der Waals surface area contributed by atoms with Crippen LogP contribution in [0.25, 0.3) is 16.8 Å². The minimum absolute atomic E-state index is 0.00866. The van der Waals surface area contributed by atoms with Gasteiger partial charge in [-0.15, -0.1) is 0 Å². The average Bonchev–Trinajstić information content (AvgIpc) is 3.37. The number of carbonyl (C=O) groups is 1. The highest BCUT2D eigenvalue weighted by atomic mass is 79.9. The molecule has 0 fully saturated rings. The lowest BCUT2D eigenvalue weighted by molar-refractivity contribution is -0.118. The smallest absolute Gasteiger partial charge is 0.233 e. The number of methoxy groups -OCH3 is 1. The Morgan fingerprint density at radius 3 is 2.65 bits per heavy atom. The molecule has 1 aliphatic heterocycles. The molecule has 0 spiro atoms. The molecule has 6 rings (SSSR count). The number of fused-ring (bicyclic) bond motifs is 3. The van der Waals surface area contributed by atoms with Crippen LogP contribution in [0.2, 0.25) is 0 Å². The van der Waals surface area contributed by atoms with E-state index in [2.05, 4.69) is 104 Å². The zero-order valence-corrected chi connectivity index (χ0v) is 21.6. The fraction of sp³-hybridized carbons (Fsp3) is 0.138. The van der Waals surface area contributed by atoms with E-state index in [-0.39, 0.29) is 11.8 Å². The maximum Gasteiger partial charge on any atom is 0.233 e. The van der Waals surface area contributed by atoms with Crippen molar-refractivity contribution < 1.29 is 9.53 Å². The molecule has 1 N–H and O–H groups in total. The van der Waals surface area contributed by atoms with Crippen molar-refractivity contribution >= 4 is 60.3 Å². The minimum atomic E-state index is -0.566. The van der Waals surface area contributed by atoms with Crippen molar-refractivity contribution in [3.05, 3.63) is 110 Å². The second-order valence-corrected chi connectivity index (χ2v) is 10.6. The van der Waals surface area contributed by atoms with Crippen LogP contribution in [0, 0.1) is 0 Å². The number of halogens is 2. The molecule has 4 aromatic carbocycles. The number of hydrogen-bond acceptors (Lipinski definition) is 2. The fourth-order valence-electron chi connectivity index (χ4n) is 5.69. The number of hydrogen-bond donors (Lipinski definition) is 1. The molecule has 2 aliphatic rings. The lowest BCUT2D eigenvalue weighted by Crippen LogP contribution is -2.37. The van der Waals surface area contributed by atoms with Crippen molar-refractivity contribution in [2.24, 2.45) is 0 Å². The summed E-state index contributed by atoms with van der Waals surface area (Å²) in [5, 5.41) is 5.46. The van der Waals surface area contributed by atoms with E-state index in [1.54, 1.807) is 7.11 Å². The molecule has 168 valence electrons. The topological polar surface area (TPSA) is 38.3 Å². The van der Waals surface area contributed by atoms with Gasteiger partial charge in [-0.05, 0) is 68.0 Å². The Morgan fingerprint density at radius 2 is 1.79 bits per heavy atom. The molecule has 5 heteroatoms. The third kappa shape index (κ3) is 3.18. The molecule has 0 bridgehead atoms. The van der Waals surface area contributed by atoms with Crippen LogP contribution in [0.1, 0.15) is 28.2 Å². The number of nitrogens with one attached hydrogen (secondary N) is 1. The first-order valence-electron chi connectivity index (χ1n) is 11.1. The largest absolute Gasteiger partial charge is 0.496 e. The molecular formula is C29H21Br2NO2. The molecule has 0 saturated heterocycles. The number of benzene rings is 4. The van der Waals surface area contributed by atoms with E-state index < -0.39 is 5.41 Å². The van der Waals surface area contributed by atoms with E-state index in [4.69, 9.17) is 4.74 Å². The van der Waals surface area contributed by atoms with Gasteiger partial charge in [-0.1, -0.05) is 82.7 Å². The third-order valence-electron chi connectivity index (χ3n) is 7.13. The summed E-state index contributed by atoms with van der Waals surface area (Å²) in [4.78, 5) is 13.7. The zero-order chi connectivity index (χ0) is 23.4. The normalized spacial score (nSPS) is 20.3. The molecule has 0 aromatic heterocycles. The van der Waals surface area contributed by atoms with E-state index in [9.17, 15) is 4.79 Å². The van der Waals surface area contributed by atoms with Gasteiger partial charge in [-0.25, -0.2) is 0 Å². The van der Waals surface area contributed by atoms with E-state index in [1.165, 1.54) is 0 Å². The summed E-state index contributed by atoms with van der Waals surface area (Å²) in [6.45, 7) is 0. The fourth-order valence-corrected chi connectivity index (χ4v) is 7.04. The number of ether oxygens (including phenoxy) is 1. The highest BCUT2D eigenvalue weighted by Gasteiger charge is 2.50. The summed E-state index contributed by atoms with van der Waals surface area (Å²) in [5.41, 5.74) is 4.69. The van der Waals surface area contributed by atoms with Gasteiger partial charge in [0.05, 0.1) is 18.7 Å². The van der Waals surface area contributed by atoms with Gasteiger partial charge in [-0.2, -0.15) is 0 Å². The van der Waals surface area contributed by atoms with Gasteiger partial charge in [0, 0.05) is 19.9 Å². The summed E-state index contributed by atoms with van der Waals surface area (Å²) >= 11 is 7.29. The van der Waals surface area contributed by atoms with Gasteiger partial charge in [0.2, 0.25) is 5.91 Å². The first-order valence-corrected chi connectivity index (χ1v) is 12.7. The van der Waals surface area contributed by atoms with E-state index in [0.29, 0.717) is 6.42 Å². The minimum Gasteiger partial charge on any atom is -0.496 e. The molecule has 1 aliphatic carbocycles. The first-order chi connectivity index (χ1) is 16.5. The predicted molar refractivity (Wildman–Crippen MR) is 145 cm³/mol. The van der Waals surface area contributed by atoms with Crippen LogP contribution in [0.5, 0.6) is 5.75 Å². The maximum atomic E-state index is 13.7. The third-order valence-corrected chi connectivity index (χ3v) is 8.21. The molecule has 3 nitrogen and oxygen atoms in total. The SMILES string of the molecule is COc1ccc2ccccc2c1CC1(C2C(=O)Nc3c(Br)cc(Br)cc32)C=Cc2ccccc21. The standard InChI is InChI=1S/C29H21Br2NO2/c1-34-25-11-10-17-6-2-4-8-20(17)22(25)16-29(13-12-18-7-3-5-9-23(18)29)26-21-14-19(30)15-24(31)27(21)32-28(26)33/h2-15,26H,16H2,1H3,(H,32,33). The van der Waals surface area contributed by atoms with E-state index in [0.717, 1.165) is 53.4 Å². The highest BCUT2D eigenvalue weighted by Crippen LogP contribution is 2.55. The van der Waals surface area contributed by atoms with Crippen LogP contribution in [-0.2, 0) is 16.6 Å². The van der Waals surface area contributed by atoms with Crippen LogP contribution in [0.3, 0.4) is 0 Å². The Kier molecular flexibility index (Phi) is 5.16. The predicted octanol–water partition coefficient (Wildman–Crippen LogP) is 7.62. The number of allylic oxidation sites excluding steroid dienone is 1. The van der Waals surface area contributed by atoms with Crippen molar-refractivity contribution in [2.75, 3.05) is 12.4 Å². The Labute approximate surface area is 215 Å². The van der Waals surface area contributed by atoms with E-state index >= 15 is 0 Å². The van der Waals surface area contributed by atoms with Crippen LogP contribution < -0.4 is 10.1 Å². The van der Waals surface area contributed by atoms with Crippen LogP contribution in [0.4, 0.5) is 5.69 Å². The molecular weight excluding hydrogens is 554 g/mol. The molecule has 0 saturated carbocycles. The quantitative estimate of drug-likeness (QED) is 0.272. The van der Waals surface area contributed by atoms with Gasteiger partial charge < -0.3 is 10.1 Å². The summed E-state index contributed by atoms with van der Waals surface area (Å²) in [7, 11) is 1.71. The van der Waals surface area contributed by atoms with E-state index in [1.807, 2.05) is 18.2 Å². The Morgan fingerprint density at radius 1 is 1.00 bits per heavy atom. The molecule has 0 radical (unpaired) electrons. The van der Waals surface area contributed by atoms with Gasteiger partial charge in [0.1, 0.15) is 5.75 Å². The highest BCUT2D eigenvalue weighted by molar-refractivity contribution is 9.11. The lowest BCUT2D eigenvalue weighted by Gasteiger charge is -2.35. The van der Waals surface area contributed by atoms with Crippen molar-refractivity contribution in [3.63, 3.8) is 0 Å². The van der Waals surface area contributed by atoms with Crippen molar-refractivity contribution in [1.29, 1.82) is 0 Å². The number of anilines is 1. The first kappa shape index (κ1) is 21.6. The Bertz CT molecular complexity index is 1510. The summed E-state index contributed by atoms with van der Waals surface area (Å²) in [5.74, 6) is 0.458. The van der Waals surface area contributed by atoms with Crippen LogP contribution >= 0.6 is 31.9 Å². The van der Waals surface area contributed by atoms with Crippen molar-refractivity contribution in [1.82, 2.24) is 0 Å². The Hall–Kier alpha value is -2.89. The van der Waals surface area contributed by atoms with Crippen LogP contribution in [-0.4, -0.2) is 13.0 Å². The van der Waals surface area contributed by atoms with Crippen molar-refractivity contribution in [2.45, 2.75) is 17.8 Å². The summed E-state index contributed by atoms with van der Waals surface area (Å²) < 4.78 is 7.67. The number of amides is 1. The zero-order valence-electron chi connectivity index (χ0n) is 18.4. The summed E-state index contributed by atoms with van der Waals surface area (Å²) in [6, 6.07) is 24.9. The Balaban J connectivity index is 1.63. The maximum absolute atomic E-state index is 13.7. The molecule has 4 aromatic rings. The molecule has 2 unspecified atom stereocenters. The lowest BCUT2D eigenvalue weighted by atomic mass is 9.65. The second-order valence-electron chi connectivity index (χ2n) is 8.88. The van der Waals surface area contributed by atoms with Gasteiger partial charge in [0.15, 0.2) is 0 Å². The van der Waals surface area contributed by atoms with Gasteiger partial charge in [-0.3, -0.25) is 4.79 Å². The second kappa shape index (κ2) is 8.10. The molecule has 1 heterocycles. The van der Waals surface area contributed by atoms with Crippen LogP contribution in [0.15, 0.2) is 87.8 Å². The van der Waals surface area contributed by atoms with Gasteiger partial charge in [0.25, 0.3) is 0 Å².